The topological polar surface area (TPSA) is 84.7 Å². The highest BCUT2D eigenvalue weighted by molar-refractivity contribution is 5.56. The molecule has 1 aromatic carbocycles. The Morgan fingerprint density at radius 3 is 2.50 bits per heavy atom. The molecule has 0 bridgehead atoms. The number of benzene rings is 1. The molecule has 0 aliphatic heterocycles. The predicted molar refractivity (Wildman–Crippen MR) is 48.5 cm³/mol. The van der Waals surface area contributed by atoms with E-state index in [0.29, 0.717) is 5.82 Å². The first-order valence-electron chi connectivity index (χ1n) is 3.87. The van der Waals surface area contributed by atoms with Gasteiger partial charge in [-0.05, 0) is 12.1 Å². The molecule has 0 radical (unpaired) electrons. The fourth-order valence-corrected chi connectivity index (χ4v) is 1.09. The predicted octanol–water partition coefficient (Wildman–Crippen LogP) is 1.38. The average molecular weight is 190 g/mol. The van der Waals surface area contributed by atoms with Gasteiger partial charge in [0.1, 0.15) is 6.33 Å². The number of aromatic amines is 1. The van der Waals surface area contributed by atoms with Crippen molar-refractivity contribution >= 4 is 5.69 Å². The lowest BCUT2D eigenvalue weighted by Gasteiger charge is -1.94. The number of nitro benzene ring substituents is 1. The van der Waals surface area contributed by atoms with Gasteiger partial charge in [0.2, 0.25) is 0 Å². The van der Waals surface area contributed by atoms with Gasteiger partial charge in [0.05, 0.1) is 4.92 Å². The lowest BCUT2D eigenvalue weighted by Crippen LogP contribution is -1.87. The number of hydrogen-bond donors (Lipinski definition) is 1. The first-order chi connectivity index (χ1) is 6.77. The quantitative estimate of drug-likeness (QED) is 0.572. The first-order valence-corrected chi connectivity index (χ1v) is 3.87. The van der Waals surface area contributed by atoms with Gasteiger partial charge >= 0.3 is 0 Å². The third-order valence-electron chi connectivity index (χ3n) is 1.77. The summed E-state index contributed by atoms with van der Waals surface area (Å²) in [7, 11) is 0. The van der Waals surface area contributed by atoms with Gasteiger partial charge < -0.3 is 0 Å². The molecular formula is C8H6N4O2. The summed E-state index contributed by atoms with van der Waals surface area (Å²) in [4.78, 5) is 13.9. The molecule has 0 aliphatic carbocycles. The highest BCUT2D eigenvalue weighted by atomic mass is 16.6. The summed E-state index contributed by atoms with van der Waals surface area (Å²) < 4.78 is 0. The fraction of sp³-hybridized carbons (Fsp3) is 0. The number of H-pyrrole nitrogens is 1. The highest BCUT2D eigenvalue weighted by Crippen LogP contribution is 2.18. The molecule has 1 N–H and O–H groups in total. The van der Waals surface area contributed by atoms with Gasteiger partial charge in [-0.3, -0.25) is 15.2 Å². The maximum atomic E-state index is 10.4. The number of aromatic nitrogens is 3. The zero-order valence-electron chi connectivity index (χ0n) is 7.04. The molecule has 70 valence electrons. The molecule has 0 atom stereocenters. The summed E-state index contributed by atoms with van der Waals surface area (Å²) >= 11 is 0. The van der Waals surface area contributed by atoms with E-state index in [4.69, 9.17) is 0 Å². The maximum absolute atomic E-state index is 10.4. The molecule has 0 amide bonds. The standard InChI is InChI=1S/C8H6N4O2/c13-12(14)7-3-1-6(2-4-7)8-9-5-10-11-8/h1-5H,(H,9,10,11). The number of nitrogens with one attached hydrogen (secondary N) is 1. The summed E-state index contributed by atoms with van der Waals surface area (Å²) in [6.07, 6.45) is 1.39. The first kappa shape index (κ1) is 8.36. The summed E-state index contributed by atoms with van der Waals surface area (Å²) in [6.45, 7) is 0. The van der Waals surface area contributed by atoms with Crippen molar-refractivity contribution in [3.8, 4) is 11.4 Å². The van der Waals surface area contributed by atoms with Crippen molar-refractivity contribution in [1.82, 2.24) is 15.2 Å². The van der Waals surface area contributed by atoms with Gasteiger partial charge in [0.25, 0.3) is 5.69 Å². The second-order valence-electron chi connectivity index (χ2n) is 2.64. The van der Waals surface area contributed by atoms with E-state index in [0.717, 1.165) is 5.56 Å². The van der Waals surface area contributed by atoms with Gasteiger partial charge in [-0.2, -0.15) is 5.10 Å². The van der Waals surface area contributed by atoms with Crippen LogP contribution in [0.15, 0.2) is 30.6 Å². The lowest BCUT2D eigenvalue weighted by atomic mass is 10.2. The molecule has 6 nitrogen and oxygen atoms in total. The SMILES string of the molecule is O=[N+]([O-])c1ccc(-c2ncn[nH]2)cc1. The van der Waals surface area contributed by atoms with Crippen LogP contribution in [0.5, 0.6) is 0 Å². The number of rotatable bonds is 2. The zero-order chi connectivity index (χ0) is 9.97. The van der Waals surface area contributed by atoms with E-state index >= 15 is 0 Å². The molecule has 1 heterocycles. The van der Waals surface area contributed by atoms with Crippen LogP contribution in [0.3, 0.4) is 0 Å². The van der Waals surface area contributed by atoms with Gasteiger partial charge in [-0.1, -0.05) is 0 Å². The van der Waals surface area contributed by atoms with Gasteiger partial charge in [0.15, 0.2) is 5.82 Å². The Morgan fingerprint density at radius 1 is 1.29 bits per heavy atom. The molecule has 2 aromatic rings. The minimum atomic E-state index is -0.440. The number of nitrogens with zero attached hydrogens (tertiary/aromatic N) is 3. The molecule has 0 spiro atoms. The Labute approximate surface area is 78.8 Å². The van der Waals surface area contributed by atoms with Crippen LogP contribution >= 0.6 is 0 Å². The Morgan fingerprint density at radius 2 is 2.00 bits per heavy atom. The number of non-ortho nitro benzene ring substituents is 1. The molecule has 1 aromatic heterocycles. The van der Waals surface area contributed by atoms with Gasteiger partial charge in [-0.25, -0.2) is 4.98 Å². The minimum absolute atomic E-state index is 0.0632. The number of hydrogen-bond acceptors (Lipinski definition) is 4. The zero-order valence-corrected chi connectivity index (χ0v) is 7.04. The van der Waals surface area contributed by atoms with E-state index < -0.39 is 4.92 Å². The largest absolute Gasteiger partial charge is 0.269 e. The second kappa shape index (κ2) is 3.25. The normalized spacial score (nSPS) is 10.0. The van der Waals surface area contributed by atoms with E-state index in [9.17, 15) is 10.1 Å². The molecule has 0 saturated heterocycles. The lowest BCUT2D eigenvalue weighted by molar-refractivity contribution is -0.384. The van der Waals surface area contributed by atoms with E-state index in [1.807, 2.05) is 0 Å². The van der Waals surface area contributed by atoms with Crippen molar-refractivity contribution in [2.75, 3.05) is 0 Å². The van der Waals surface area contributed by atoms with Crippen LogP contribution < -0.4 is 0 Å². The molecular weight excluding hydrogens is 184 g/mol. The van der Waals surface area contributed by atoms with Crippen molar-refractivity contribution in [1.29, 1.82) is 0 Å². The highest BCUT2D eigenvalue weighted by Gasteiger charge is 2.05. The summed E-state index contributed by atoms with van der Waals surface area (Å²) in [5.41, 5.74) is 0.835. The molecule has 0 saturated carbocycles. The second-order valence-corrected chi connectivity index (χ2v) is 2.64. The van der Waals surface area contributed by atoms with Crippen molar-refractivity contribution in [3.05, 3.63) is 40.7 Å². The molecule has 0 fully saturated rings. The molecule has 14 heavy (non-hydrogen) atoms. The van der Waals surface area contributed by atoms with Crippen molar-refractivity contribution < 1.29 is 4.92 Å². The summed E-state index contributed by atoms with van der Waals surface area (Å²) in [6, 6.07) is 6.10. The van der Waals surface area contributed by atoms with Crippen LogP contribution in [0.25, 0.3) is 11.4 Å². The minimum Gasteiger partial charge on any atom is -0.259 e. The average Bonchev–Trinajstić information content (AvgIpc) is 2.71. The van der Waals surface area contributed by atoms with Crippen LogP contribution in [-0.2, 0) is 0 Å². The molecule has 0 aliphatic rings. The monoisotopic (exact) mass is 190 g/mol. The molecule has 0 unspecified atom stereocenters. The van der Waals surface area contributed by atoms with Crippen molar-refractivity contribution in [2.45, 2.75) is 0 Å². The van der Waals surface area contributed by atoms with E-state index in [1.54, 1.807) is 12.1 Å². The molecule has 6 heteroatoms. The summed E-state index contributed by atoms with van der Waals surface area (Å²) in [5, 5.41) is 16.7. The Kier molecular flexibility index (Phi) is 1.94. The van der Waals surface area contributed by atoms with Gasteiger partial charge in [0, 0.05) is 17.7 Å². The van der Waals surface area contributed by atoms with E-state index in [-0.39, 0.29) is 5.69 Å². The Bertz CT molecular complexity index is 435. The smallest absolute Gasteiger partial charge is 0.259 e. The van der Waals surface area contributed by atoms with Crippen LogP contribution in [-0.4, -0.2) is 20.1 Å². The van der Waals surface area contributed by atoms with Crippen LogP contribution in [0.2, 0.25) is 0 Å². The molecule has 2 rings (SSSR count). The van der Waals surface area contributed by atoms with Gasteiger partial charge in [-0.15, -0.1) is 0 Å². The van der Waals surface area contributed by atoms with E-state index in [1.165, 1.54) is 18.5 Å². The van der Waals surface area contributed by atoms with Crippen molar-refractivity contribution in [2.24, 2.45) is 0 Å². The van der Waals surface area contributed by atoms with Crippen LogP contribution in [0.4, 0.5) is 5.69 Å². The fourth-order valence-electron chi connectivity index (χ4n) is 1.09. The number of nitro groups is 1. The third kappa shape index (κ3) is 1.45. The van der Waals surface area contributed by atoms with E-state index in [2.05, 4.69) is 15.2 Å². The third-order valence-corrected chi connectivity index (χ3v) is 1.77. The van der Waals surface area contributed by atoms with Crippen molar-refractivity contribution in [3.63, 3.8) is 0 Å². The Hall–Kier alpha value is -2.24. The summed E-state index contributed by atoms with van der Waals surface area (Å²) in [5.74, 6) is 0.597. The maximum Gasteiger partial charge on any atom is 0.269 e. The Balaban J connectivity index is 2.36. The van der Waals surface area contributed by atoms with Crippen LogP contribution in [0, 0.1) is 10.1 Å². The van der Waals surface area contributed by atoms with Crippen LogP contribution in [0.1, 0.15) is 0 Å².